The maximum Gasteiger partial charge on any atom is 0.293 e. The van der Waals surface area contributed by atoms with E-state index in [4.69, 9.17) is 13.6 Å². The molecule has 6 heteroatoms. The van der Waals surface area contributed by atoms with Gasteiger partial charge in [-0.15, -0.1) is 0 Å². The minimum absolute atomic E-state index is 0.0503. The molecule has 2 aromatic carbocycles. The minimum atomic E-state index is -2.71. The SMILES string of the molecule is C=C1[C@H](OC=O)C[C@H](O[Si](C)(C)C(C)(C)C)[C@H]1CO[Si](c1ccccc1)(c1ccccc1)C(C)(C)C. The Bertz CT molecular complexity index is 983. The van der Waals surface area contributed by atoms with Crippen LogP contribution in [0.2, 0.25) is 23.2 Å². The molecule has 0 N–H and O–H groups in total. The Labute approximate surface area is 220 Å². The molecule has 3 rings (SSSR count). The fraction of sp³-hybridized carbons (Fsp3) is 0.500. The van der Waals surface area contributed by atoms with Crippen molar-refractivity contribution in [2.75, 3.05) is 6.61 Å². The summed E-state index contributed by atoms with van der Waals surface area (Å²) in [6.45, 7) is 23.5. The van der Waals surface area contributed by atoms with Gasteiger partial charge in [-0.25, -0.2) is 0 Å². The Balaban J connectivity index is 2.03. The second kappa shape index (κ2) is 10.8. The van der Waals surface area contributed by atoms with Crippen molar-refractivity contribution in [2.24, 2.45) is 5.92 Å². The fourth-order valence-corrected chi connectivity index (χ4v) is 11.0. The zero-order valence-corrected chi connectivity index (χ0v) is 25.3. The van der Waals surface area contributed by atoms with Gasteiger partial charge in [0.05, 0.1) is 6.10 Å². The molecule has 4 nitrogen and oxygen atoms in total. The summed E-state index contributed by atoms with van der Waals surface area (Å²) in [5.74, 6) is -0.0503. The van der Waals surface area contributed by atoms with Crippen molar-refractivity contribution in [3.05, 3.63) is 72.8 Å². The van der Waals surface area contributed by atoms with E-state index in [2.05, 4.69) is 122 Å². The highest BCUT2D eigenvalue weighted by atomic mass is 28.4. The number of carbonyl (C=O) groups is 1. The molecule has 3 atom stereocenters. The quantitative estimate of drug-likeness (QED) is 0.227. The first-order chi connectivity index (χ1) is 16.7. The second-order valence-corrected chi connectivity index (χ2v) is 21.6. The lowest BCUT2D eigenvalue weighted by Crippen LogP contribution is -2.67. The third-order valence-electron chi connectivity index (χ3n) is 8.15. The molecule has 0 radical (unpaired) electrons. The molecule has 1 aliphatic rings. The first-order valence-electron chi connectivity index (χ1n) is 13.0. The van der Waals surface area contributed by atoms with E-state index in [9.17, 15) is 4.79 Å². The van der Waals surface area contributed by atoms with Gasteiger partial charge in [0.1, 0.15) is 6.10 Å². The topological polar surface area (TPSA) is 44.8 Å². The number of rotatable bonds is 9. The molecule has 1 aliphatic carbocycles. The van der Waals surface area contributed by atoms with E-state index in [1.54, 1.807) is 0 Å². The van der Waals surface area contributed by atoms with Crippen LogP contribution in [0.5, 0.6) is 0 Å². The third-order valence-corrected chi connectivity index (χ3v) is 17.7. The smallest absolute Gasteiger partial charge is 0.293 e. The van der Waals surface area contributed by atoms with Crippen LogP contribution in [0.1, 0.15) is 48.0 Å². The Morgan fingerprint density at radius 2 is 1.39 bits per heavy atom. The number of carbonyl (C=O) groups excluding carboxylic acids is 1. The molecule has 0 aliphatic heterocycles. The van der Waals surface area contributed by atoms with Crippen LogP contribution in [-0.2, 0) is 18.4 Å². The summed E-state index contributed by atoms with van der Waals surface area (Å²) in [6, 6.07) is 21.3. The lowest BCUT2D eigenvalue weighted by molar-refractivity contribution is -0.132. The maximum absolute atomic E-state index is 11.3. The normalized spacial score (nSPS) is 21.4. The molecule has 0 bridgehead atoms. The number of hydrogen-bond donors (Lipinski definition) is 0. The predicted molar refractivity (Wildman–Crippen MR) is 154 cm³/mol. The van der Waals surface area contributed by atoms with Crippen LogP contribution in [0.25, 0.3) is 0 Å². The van der Waals surface area contributed by atoms with E-state index >= 15 is 0 Å². The number of ether oxygens (including phenoxy) is 1. The standard InChI is InChI=1S/C30H44O4Si2/c1-23-26(28(20-27(23)32-22-31)34-35(8,9)29(2,3)4)21-33-36(30(5,6)7,24-16-12-10-13-17-24)25-18-14-11-15-19-25/h10-19,22,26-28H,1,20-21H2,2-9H3/t26-,27+,28-/m0/s1. The zero-order chi connectivity index (χ0) is 26.8. The molecule has 36 heavy (non-hydrogen) atoms. The van der Waals surface area contributed by atoms with Gasteiger partial charge in [0.15, 0.2) is 8.32 Å². The monoisotopic (exact) mass is 524 g/mol. The van der Waals surface area contributed by atoms with Crippen molar-refractivity contribution in [1.82, 2.24) is 0 Å². The molecular weight excluding hydrogens is 480 g/mol. The van der Waals surface area contributed by atoms with Crippen molar-refractivity contribution >= 4 is 33.5 Å². The van der Waals surface area contributed by atoms with Gasteiger partial charge in [-0.3, -0.25) is 4.79 Å². The van der Waals surface area contributed by atoms with Crippen molar-refractivity contribution in [1.29, 1.82) is 0 Å². The van der Waals surface area contributed by atoms with Crippen molar-refractivity contribution in [2.45, 2.75) is 83.3 Å². The van der Waals surface area contributed by atoms with Gasteiger partial charge in [-0.1, -0.05) is 109 Å². The van der Waals surface area contributed by atoms with Gasteiger partial charge in [0.25, 0.3) is 14.8 Å². The van der Waals surface area contributed by atoms with Gasteiger partial charge in [0.2, 0.25) is 0 Å². The van der Waals surface area contributed by atoms with Crippen molar-refractivity contribution in [3.63, 3.8) is 0 Å². The molecule has 0 unspecified atom stereocenters. The third kappa shape index (κ3) is 5.62. The Kier molecular flexibility index (Phi) is 8.55. The lowest BCUT2D eigenvalue weighted by atomic mass is 10.0. The highest BCUT2D eigenvalue weighted by Crippen LogP contribution is 2.44. The van der Waals surface area contributed by atoms with Gasteiger partial charge in [0, 0.05) is 18.9 Å². The summed E-state index contributed by atoms with van der Waals surface area (Å²) < 4.78 is 19.6. The fourth-order valence-electron chi connectivity index (χ4n) is 5.09. The van der Waals surface area contributed by atoms with E-state index in [1.807, 2.05) is 0 Å². The highest BCUT2D eigenvalue weighted by molar-refractivity contribution is 6.99. The molecule has 0 saturated heterocycles. The van der Waals surface area contributed by atoms with Crippen molar-refractivity contribution in [3.8, 4) is 0 Å². The lowest BCUT2D eigenvalue weighted by Gasteiger charge is -2.44. The first kappa shape index (κ1) is 28.6. The van der Waals surface area contributed by atoms with Gasteiger partial charge in [-0.2, -0.15) is 0 Å². The summed E-state index contributed by atoms with van der Waals surface area (Å²) in [5.41, 5.74) is 0.892. The van der Waals surface area contributed by atoms with Crippen molar-refractivity contribution < 1.29 is 18.4 Å². The molecule has 0 spiro atoms. The van der Waals surface area contributed by atoms with Crippen LogP contribution in [0, 0.1) is 5.92 Å². The van der Waals surface area contributed by atoms with E-state index in [0.717, 1.165) is 5.57 Å². The average molecular weight is 525 g/mol. The van der Waals surface area contributed by atoms with E-state index < -0.39 is 16.6 Å². The molecule has 2 aromatic rings. The van der Waals surface area contributed by atoms with Gasteiger partial charge < -0.3 is 13.6 Å². The maximum atomic E-state index is 11.3. The molecular formula is C30H44O4Si2. The van der Waals surface area contributed by atoms with E-state index in [1.165, 1.54) is 10.4 Å². The molecule has 0 heterocycles. The van der Waals surface area contributed by atoms with Crippen LogP contribution >= 0.6 is 0 Å². The molecule has 196 valence electrons. The minimum Gasteiger partial charge on any atom is -0.460 e. The Morgan fingerprint density at radius 1 is 0.889 bits per heavy atom. The summed E-state index contributed by atoms with van der Waals surface area (Å²) in [4.78, 5) is 11.3. The van der Waals surface area contributed by atoms with Crippen LogP contribution in [-0.4, -0.2) is 41.9 Å². The molecule has 0 aromatic heterocycles. The average Bonchev–Trinajstić information content (AvgIpc) is 3.08. The van der Waals surface area contributed by atoms with E-state index in [-0.39, 0.29) is 28.2 Å². The summed E-state index contributed by atoms with van der Waals surface area (Å²) in [5, 5.41) is 2.44. The summed E-state index contributed by atoms with van der Waals surface area (Å²) >= 11 is 0. The van der Waals surface area contributed by atoms with Crippen LogP contribution in [0.4, 0.5) is 0 Å². The second-order valence-electron chi connectivity index (χ2n) is 12.5. The highest BCUT2D eigenvalue weighted by Gasteiger charge is 2.52. The summed E-state index contributed by atoms with van der Waals surface area (Å²) in [6.07, 6.45) is 0.186. The molecule has 1 fully saturated rings. The predicted octanol–water partition coefficient (Wildman–Crippen LogP) is 6.07. The summed E-state index contributed by atoms with van der Waals surface area (Å²) in [7, 11) is -4.77. The largest absolute Gasteiger partial charge is 0.460 e. The zero-order valence-electron chi connectivity index (χ0n) is 23.3. The van der Waals surface area contributed by atoms with Crippen LogP contribution in [0.3, 0.4) is 0 Å². The van der Waals surface area contributed by atoms with E-state index in [0.29, 0.717) is 19.5 Å². The Hall–Kier alpha value is -2.00. The molecule has 1 saturated carbocycles. The number of hydrogen-bond acceptors (Lipinski definition) is 4. The number of benzene rings is 2. The first-order valence-corrected chi connectivity index (χ1v) is 17.8. The van der Waals surface area contributed by atoms with Gasteiger partial charge in [-0.05, 0) is 39.1 Å². The molecule has 0 amide bonds. The Morgan fingerprint density at radius 3 is 1.81 bits per heavy atom. The van der Waals surface area contributed by atoms with Crippen LogP contribution < -0.4 is 10.4 Å². The van der Waals surface area contributed by atoms with Crippen LogP contribution in [0.15, 0.2) is 72.8 Å². The van der Waals surface area contributed by atoms with Gasteiger partial charge >= 0.3 is 0 Å².